The summed E-state index contributed by atoms with van der Waals surface area (Å²) in [5.41, 5.74) is -0.353. The van der Waals surface area contributed by atoms with Gasteiger partial charge in [0.25, 0.3) is 0 Å². The Morgan fingerprint density at radius 3 is 2.58 bits per heavy atom. The maximum Gasteiger partial charge on any atom is 0.350 e. The molecule has 0 aliphatic rings. The van der Waals surface area contributed by atoms with Crippen molar-refractivity contribution >= 4 is 15.7 Å². The van der Waals surface area contributed by atoms with Crippen molar-refractivity contribution in [3.05, 3.63) is 28.2 Å². The predicted octanol–water partition coefficient (Wildman–Crippen LogP) is 1.07. The van der Waals surface area contributed by atoms with Gasteiger partial charge < -0.3 is 4.74 Å². The summed E-state index contributed by atoms with van der Waals surface area (Å²) in [6.45, 7) is -1.48. The Kier molecular flexibility index (Phi) is 5.86. The van der Waals surface area contributed by atoms with Crippen molar-refractivity contribution in [1.82, 2.24) is 24.3 Å². The fraction of sp³-hybridized carbons (Fsp3) is 0.500. The van der Waals surface area contributed by atoms with Crippen LogP contribution in [0.4, 0.5) is 14.5 Å². The number of hydrogen-bond donors (Lipinski definition) is 1. The Bertz CT molecular complexity index is 894. The minimum Gasteiger partial charge on any atom is -0.475 e. The van der Waals surface area contributed by atoms with Crippen molar-refractivity contribution in [2.24, 2.45) is 0 Å². The third kappa shape index (κ3) is 4.32. The van der Waals surface area contributed by atoms with Crippen LogP contribution in [0.25, 0.3) is 0 Å². The van der Waals surface area contributed by atoms with Crippen LogP contribution < -0.4 is 9.46 Å². The first-order valence-corrected chi connectivity index (χ1v) is 8.73. The van der Waals surface area contributed by atoms with E-state index in [4.69, 9.17) is 4.74 Å². The Labute approximate surface area is 146 Å². The number of nitro groups is 1. The molecule has 0 fully saturated rings. The van der Waals surface area contributed by atoms with Gasteiger partial charge in [0.15, 0.2) is 0 Å². The Morgan fingerprint density at radius 1 is 1.38 bits per heavy atom. The van der Waals surface area contributed by atoms with Crippen LogP contribution in [0.5, 0.6) is 5.88 Å². The van der Waals surface area contributed by atoms with Crippen LogP contribution in [-0.2, 0) is 16.6 Å². The number of nitrogens with one attached hydrogen (secondary N) is 1. The number of aryl methyl sites for hydroxylation is 2. The molecule has 0 saturated carbocycles. The third-order valence-electron chi connectivity index (χ3n) is 3.32. The van der Waals surface area contributed by atoms with Gasteiger partial charge in [0.2, 0.25) is 10.0 Å². The van der Waals surface area contributed by atoms with Gasteiger partial charge in [-0.2, -0.15) is 13.9 Å². The van der Waals surface area contributed by atoms with Crippen molar-refractivity contribution in [2.45, 2.75) is 31.3 Å². The number of halogens is 2. The summed E-state index contributed by atoms with van der Waals surface area (Å²) in [4.78, 5) is 9.83. The summed E-state index contributed by atoms with van der Waals surface area (Å²) < 4.78 is 58.0. The maximum atomic E-state index is 12.6. The predicted molar refractivity (Wildman–Crippen MR) is 83.5 cm³/mol. The molecule has 0 aliphatic heterocycles. The van der Waals surface area contributed by atoms with Crippen LogP contribution in [0.1, 0.15) is 18.7 Å². The fourth-order valence-electron chi connectivity index (χ4n) is 2.13. The average Bonchev–Trinajstić information content (AvgIpc) is 3.15. The monoisotopic (exact) mass is 394 g/mol. The van der Waals surface area contributed by atoms with Gasteiger partial charge in [0.1, 0.15) is 11.1 Å². The molecule has 0 saturated heterocycles. The number of aromatic nitrogens is 4. The van der Waals surface area contributed by atoms with Crippen LogP contribution in [-0.4, -0.2) is 46.6 Å². The van der Waals surface area contributed by atoms with Crippen LogP contribution in [0, 0.1) is 17.0 Å². The molecule has 2 heterocycles. The minimum absolute atomic E-state index is 0.0302. The lowest BCUT2D eigenvalue weighted by molar-refractivity contribution is -0.385. The van der Waals surface area contributed by atoms with Gasteiger partial charge in [-0.15, -0.1) is 5.10 Å². The number of nitrogens with zero attached hydrogens (tertiary/aromatic N) is 5. The van der Waals surface area contributed by atoms with Gasteiger partial charge in [-0.1, -0.05) is 0 Å². The number of methoxy groups -OCH3 is 1. The van der Waals surface area contributed by atoms with Crippen molar-refractivity contribution in [1.29, 1.82) is 0 Å². The molecule has 0 unspecified atom stereocenters. The molecule has 11 nitrogen and oxygen atoms in total. The molecule has 26 heavy (non-hydrogen) atoms. The molecular weight excluding hydrogens is 378 g/mol. The van der Waals surface area contributed by atoms with Gasteiger partial charge in [0.05, 0.1) is 23.9 Å². The Hall–Kier alpha value is -2.61. The van der Waals surface area contributed by atoms with E-state index in [9.17, 15) is 27.3 Å². The maximum absolute atomic E-state index is 12.6. The first-order chi connectivity index (χ1) is 12.2. The van der Waals surface area contributed by atoms with E-state index in [1.807, 2.05) is 0 Å². The van der Waals surface area contributed by atoms with Crippen molar-refractivity contribution in [3.63, 3.8) is 0 Å². The number of hydrogen-bond acceptors (Lipinski definition) is 7. The highest BCUT2D eigenvalue weighted by Crippen LogP contribution is 2.24. The number of rotatable bonds is 9. The molecular formula is C12H16F2N6O5S. The smallest absolute Gasteiger partial charge is 0.350 e. The van der Waals surface area contributed by atoms with Gasteiger partial charge >= 0.3 is 18.1 Å². The summed E-state index contributed by atoms with van der Waals surface area (Å²) >= 11 is 0. The van der Waals surface area contributed by atoms with E-state index in [-0.39, 0.29) is 46.3 Å². The largest absolute Gasteiger partial charge is 0.475 e. The summed E-state index contributed by atoms with van der Waals surface area (Å²) in [5.74, 6) is -0.148. The number of ether oxygens (including phenoxy) is 1. The van der Waals surface area contributed by atoms with E-state index >= 15 is 0 Å². The second-order valence-electron chi connectivity index (χ2n) is 5.13. The summed E-state index contributed by atoms with van der Waals surface area (Å²) in [6.07, 6.45) is 2.18. The molecule has 0 amide bonds. The van der Waals surface area contributed by atoms with Crippen molar-refractivity contribution in [2.75, 3.05) is 13.7 Å². The Balaban J connectivity index is 1.96. The number of alkyl halides is 2. The molecule has 2 aromatic heterocycles. The van der Waals surface area contributed by atoms with Gasteiger partial charge in [-0.3, -0.25) is 14.8 Å². The molecule has 0 bridgehead atoms. The highest BCUT2D eigenvalue weighted by molar-refractivity contribution is 7.89. The zero-order valence-corrected chi connectivity index (χ0v) is 14.6. The standard InChI is InChI=1S/C12H16F2N6O5S/c1-8-10(7-19(16-8)12(13)14)26(23,24)15-4-3-5-18-6-9(20(21)22)11(17-18)25-2/h6-7,12,15H,3-5H2,1-2H3. The second-order valence-corrected chi connectivity index (χ2v) is 6.87. The molecule has 0 atom stereocenters. The highest BCUT2D eigenvalue weighted by Gasteiger charge is 2.23. The lowest BCUT2D eigenvalue weighted by atomic mass is 10.4. The van der Waals surface area contributed by atoms with Crippen LogP contribution in [0.15, 0.2) is 17.3 Å². The van der Waals surface area contributed by atoms with E-state index in [0.717, 1.165) is 6.20 Å². The first kappa shape index (κ1) is 19.7. The molecule has 144 valence electrons. The van der Waals surface area contributed by atoms with Gasteiger partial charge in [-0.25, -0.2) is 17.8 Å². The number of sulfonamides is 1. The van der Waals surface area contributed by atoms with Crippen molar-refractivity contribution in [3.8, 4) is 5.88 Å². The first-order valence-electron chi connectivity index (χ1n) is 7.25. The van der Waals surface area contributed by atoms with Gasteiger partial charge in [0, 0.05) is 13.1 Å². The quantitative estimate of drug-likeness (QED) is 0.382. The van der Waals surface area contributed by atoms with Gasteiger partial charge in [-0.05, 0) is 13.3 Å². The average molecular weight is 394 g/mol. The van der Waals surface area contributed by atoms with Crippen LogP contribution >= 0.6 is 0 Å². The van der Waals surface area contributed by atoms with Crippen molar-refractivity contribution < 1.29 is 26.9 Å². The van der Waals surface area contributed by atoms with Crippen LogP contribution in [0.2, 0.25) is 0 Å². The molecule has 2 rings (SSSR count). The lowest BCUT2D eigenvalue weighted by Crippen LogP contribution is -2.26. The topological polar surface area (TPSA) is 134 Å². The Morgan fingerprint density at radius 2 is 2.08 bits per heavy atom. The molecule has 0 spiro atoms. The third-order valence-corrected chi connectivity index (χ3v) is 4.88. The van der Waals surface area contributed by atoms with E-state index < -0.39 is 21.5 Å². The van der Waals surface area contributed by atoms with E-state index in [2.05, 4.69) is 14.9 Å². The zero-order valence-electron chi connectivity index (χ0n) is 13.8. The zero-order chi connectivity index (χ0) is 19.5. The summed E-state index contributed by atoms with van der Waals surface area (Å²) in [7, 11) is -2.76. The van der Waals surface area contributed by atoms with E-state index in [0.29, 0.717) is 0 Å². The molecule has 0 radical (unpaired) electrons. The summed E-state index contributed by atoms with van der Waals surface area (Å²) in [5, 5.41) is 18.1. The highest BCUT2D eigenvalue weighted by atomic mass is 32.2. The lowest BCUT2D eigenvalue weighted by Gasteiger charge is -2.05. The molecule has 0 aromatic carbocycles. The normalized spacial score (nSPS) is 11.9. The van der Waals surface area contributed by atoms with E-state index in [1.54, 1.807) is 0 Å². The minimum atomic E-state index is -4.01. The second kappa shape index (κ2) is 7.74. The summed E-state index contributed by atoms with van der Waals surface area (Å²) in [6, 6.07) is 0. The van der Waals surface area contributed by atoms with Crippen LogP contribution in [0.3, 0.4) is 0 Å². The fourth-order valence-corrected chi connectivity index (χ4v) is 3.38. The van der Waals surface area contributed by atoms with E-state index in [1.165, 1.54) is 24.9 Å². The SMILES string of the molecule is COc1nn(CCCNS(=O)(=O)c2cn(C(F)F)nc2C)cc1[N+](=O)[O-]. The molecule has 0 aliphatic carbocycles. The molecule has 14 heteroatoms. The molecule has 1 N–H and O–H groups in total. The molecule has 2 aromatic rings.